The third-order valence-electron chi connectivity index (χ3n) is 2.18. The summed E-state index contributed by atoms with van der Waals surface area (Å²) in [4.78, 5) is 0. The van der Waals surface area contributed by atoms with E-state index in [4.69, 9.17) is 11.6 Å². The molecule has 0 radical (unpaired) electrons. The Morgan fingerprint density at radius 1 is 1.20 bits per heavy atom. The maximum absolute atomic E-state index is 9.31. The van der Waals surface area contributed by atoms with Crippen LogP contribution < -0.4 is 0 Å². The van der Waals surface area contributed by atoms with Crippen molar-refractivity contribution in [2.75, 3.05) is 0 Å². The first-order valence-corrected chi connectivity index (χ1v) is 4.85. The van der Waals surface area contributed by atoms with Crippen molar-refractivity contribution in [1.82, 2.24) is 14.8 Å². The Hall–Kier alpha value is -1.55. The molecule has 0 amide bonds. The average molecular weight is 224 g/mol. The molecule has 1 aromatic heterocycles. The van der Waals surface area contributed by atoms with E-state index in [2.05, 4.69) is 10.2 Å². The van der Waals surface area contributed by atoms with Crippen LogP contribution >= 0.6 is 11.6 Å². The van der Waals surface area contributed by atoms with Crippen LogP contribution in [0.4, 0.5) is 0 Å². The molecule has 1 heterocycles. The van der Waals surface area contributed by atoms with Crippen molar-refractivity contribution in [2.45, 2.75) is 13.8 Å². The number of aromatic hydroxyl groups is 1. The van der Waals surface area contributed by atoms with Crippen molar-refractivity contribution in [2.24, 2.45) is 0 Å². The summed E-state index contributed by atoms with van der Waals surface area (Å²) in [5.41, 5.74) is 0.845. The Labute approximate surface area is 92.1 Å². The minimum atomic E-state index is 0.0730. The van der Waals surface area contributed by atoms with E-state index in [9.17, 15) is 5.11 Å². The van der Waals surface area contributed by atoms with Gasteiger partial charge in [-0.05, 0) is 32.0 Å². The zero-order valence-corrected chi connectivity index (χ0v) is 9.15. The Balaban J connectivity index is 2.59. The normalized spacial score (nSPS) is 10.6. The third kappa shape index (κ3) is 1.68. The van der Waals surface area contributed by atoms with Gasteiger partial charge in [0.1, 0.15) is 17.4 Å². The Morgan fingerprint density at radius 3 is 2.33 bits per heavy atom. The molecular weight excluding hydrogens is 214 g/mol. The number of halogens is 1. The monoisotopic (exact) mass is 223 g/mol. The number of phenols is 1. The van der Waals surface area contributed by atoms with E-state index in [0.717, 1.165) is 17.3 Å². The van der Waals surface area contributed by atoms with Crippen molar-refractivity contribution in [3.05, 3.63) is 34.9 Å². The molecule has 0 aliphatic heterocycles. The average Bonchev–Trinajstić information content (AvgIpc) is 2.52. The van der Waals surface area contributed by atoms with Gasteiger partial charge in [0, 0.05) is 0 Å². The summed E-state index contributed by atoms with van der Waals surface area (Å²) in [6.45, 7) is 3.72. The van der Waals surface area contributed by atoms with Crippen LogP contribution in [0.25, 0.3) is 5.69 Å². The Bertz CT molecular complexity index is 488. The number of aryl methyl sites for hydroxylation is 2. The highest BCUT2D eigenvalue weighted by atomic mass is 35.5. The fourth-order valence-corrected chi connectivity index (χ4v) is 1.65. The summed E-state index contributed by atoms with van der Waals surface area (Å²) in [5, 5.41) is 17.5. The van der Waals surface area contributed by atoms with Crippen LogP contribution in [0, 0.1) is 13.8 Å². The Morgan fingerprint density at radius 2 is 1.80 bits per heavy atom. The van der Waals surface area contributed by atoms with Crippen molar-refractivity contribution < 1.29 is 5.11 Å². The van der Waals surface area contributed by atoms with Crippen LogP contribution in [0.1, 0.15) is 11.6 Å². The van der Waals surface area contributed by atoms with Crippen molar-refractivity contribution >= 4 is 11.6 Å². The number of hydrogen-bond donors (Lipinski definition) is 1. The lowest BCUT2D eigenvalue weighted by molar-refractivity contribution is 0.475. The molecule has 0 fully saturated rings. The number of aromatic nitrogens is 3. The van der Waals surface area contributed by atoms with Gasteiger partial charge in [0.05, 0.1) is 10.7 Å². The minimum absolute atomic E-state index is 0.0730. The van der Waals surface area contributed by atoms with Gasteiger partial charge in [-0.3, -0.25) is 4.57 Å². The molecule has 0 spiro atoms. The van der Waals surface area contributed by atoms with Gasteiger partial charge in [0.25, 0.3) is 0 Å². The summed E-state index contributed by atoms with van der Waals surface area (Å²) in [6.07, 6.45) is 0. The molecule has 0 atom stereocenters. The lowest BCUT2D eigenvalue weighted by atomic mass is 10.3. The van der Waals surface area contributed by atoms with Gasteiger partial charge in [0.2, 0.25) is 0 Å². The van der Waals surface area contributed by atoms with Gasteiger partial charge in [-0.2, -0.15) is 0 Å². The topological polar surface area (TPSA) is 50.9 Å². The first-order chi connectivity index (χ1) is 7.09. The molecule has 0 saturated heterocycles. The maximum atomic E-state index is 9.31. The van der Waals surface area contributed by atoms with Crippen molar-refractivity contribution in [3.63, 3.8) is 0 Å². The summed E-state index contributed by atoms with van der Waals surface area (Å²) in [6, 6.07) is 5.00. The quantitative estimate of drug-likeness (QED) is 0.807. The molecular formula is C10H10ClN3O. The third-order valence-corrected chi connectivity index (χ3v) is 2.48. The molecule has 5 heteroatoms. The van der Waals surface area contributed by atoms with Crippen molar-refractivity contribution in [1.29, 1.82) is 0 Å². The molecule has 2 aromatic rings. The van der Waals surface area contributed by atoms with Crippen LogP contribution in [0.2, 0.25) is 5.02 Å². The summed E-state index contributed by atoms with van der Waals surface area (Å²) < 4.78 is 1.87. The number of rotatable bonds is 1. The fourth-order valence-electron chi connectivity index (χ4n) is 1.48. The molecule has 2 rings (SSSR count). The Kier molecular flexibility index (Phi) is 2.36. The largest absolute Gasteiger partial charge is 0.506 e. The lowest BCUT2D eigenvalue weighted by Gasteiger charge is -2.07. The predicted molar refractivity (Wildman–Crippen MR) is 57.5 cm³/mol. The SMILES string of the molecule is Cc1nnc(C)n1-c1ccc(O)c(Cl)c1. The lowest BCUT2D eigenvalue weighted by Crippen LogP contribution is -1.99. The van der Waals surface area contributed by atoms with Crippen LogP contribution in [-0.2, 0) is 0 Å². The second-order valence-corrected chi connectivity index (χ2v) is 3.67. The second-order valence-electron chi connectivity index (χ2n) is 3.27. The van der Waals surface area contributed by atoms with E-state index < -0.39 is 0 Å². The van der Waals surface area contributed by atoms with E-state index >= 15 is 0 Å². The van der Waals surface area contributed by atoms with E-state index in [-0.39, 0.29) is 5.75 Å². The van der Waals surface area contributed by atoms with Gasteiger partial charge in [-0.1, -0.05) is 11.6 Å². The smallest absolute Gasteiger partial charge is 0.134 e. The number of hydrogen-bond acceptors (Lipinski definition) is 3. The van der Waals surface area contributed by atoms with Gasteiger partial charge < -0.3 is 5.11 Å². The highest BCUT2D eigenvalue weighted by Gasteiger charge is 2.08. The molecule has 0 aliphatic carbocycles. The first-order valence-electron chi connectivity index (χ1n) is 4.47. The molecule has 1 N–H and O–H groups in total. The predicted octanol–water partition coefficient (Wildman–Crippen LogP) is 2.24. The van der Waals surface area contributed by atoms with E-state index in [1.54, 1.807) is 18.2 Å². The van der Waals surface area contributed by atoms with Crippen LogP contribution in [-0.4, -0.2) is 19.9 Å². The summed E-state index contributed by atoms with van der Waals surface area (Å²) >= 11 is 5.83. The fraction of sp³-hybridized carbons (Fsp3) is 0.200. The van der Waals surface area contributed by atoms with E-state index in [1.165, 1.54) is 0 Å². The molecule has 0 unspecified atom stereocenters. The number of phenolic OH excluding ortho intramolecular Hbond substituents is 1. The highest BCUT2D eigenvalue weighted by molar-refractivity contribution is 6.32. The first kappa shape index (κ1) is 9.98. The maximum Gasteiger partial charge on any atom is 0.134 e. The highest BCUT2D eigenvalue weighted by Crippen LogP contribution is 2.26. The van der Waals surface area contributed by atoms with E-state index in [1.807, 2.05) is 18.4 Å². The van der Waals surface area contributed by atoms with Gasteiger partial charge in [-0.15, -0.1) is 10.2 Å². The number of benzene rings is 1. The van der Waals surface area contributed by atoms with Gasteiger partial charge in [0.15, 0.2) is 0 Å². The molecule has 78 valence electrons. The zero-order valence-electron chi connectivity index (χ0n) is 8.40. The molecule has 1 aromatic carbocycles. The van der Waals surface area contributed by atoms with E-state index in [0.29, 0.717) is 5.02 Å². The van der Waals surface area contributed by atoms with Gasteiger partial charge in [-0.25, -0.2) is 0 Å². The molecule has 0 bridgehead atoms. The standard InChI is InChI=1S/C10H10ClN3O/c1-6-12-13-7(2)14(6)8-3-4-10(15)9(11)5-8/h3-5,15H,1-2H3. The summed E-state index contributed by atoms with van der Waals surface area (Å²) in [7, 11) is 0. The molecule has 4 nitrogen and oxygen atoms in total. The van der Waals surface area contributed by atoms with Crippen molar-refractivity contribution in [3.8, 4) is 11.4 Å². The van der Waals surface area contributed by atoms with Gasteiger partial charge >= 0.3 is 0 Å². The molecule has 15 heavy (non-hydrogen) atoms. The van der Waals surface area contributed by atoms with Crippen LogP contribution in [0.15, 0.2) is 18.2 Å². The minimum Gasteiger partial charge on any atom is -0.506 e. The second kappa shape index (κ2) is 3.55. The van der Waals surface area contributed by atoms with Crippen LogP contribution in [0.5, 0.6) is 5.75 Å². The summed E-state index contributed by atoms with van der Waals surface area (Å²) in [5.74, 6) is 1.65. The molecule has 0 aliphatic rings. The molecule has 0 saturated carbocycles. The number of nitrogens with zero attached hydrogens (tertiary/aromatic N) is 3. The van der Waals surface area contributed by atoms with Crippen LogP contribution in [0.3, 0.4) is 0 Å². The zero-order chi connectivity index (χ0) is 11.0.